The average Bonchev–Trinajstić information content (AvgIpc) is 2.79. The lowest BCUT2D eigenvalue weighted by molar-refractivity contribution is 0.0531. The van der Waals surface area contributed by atoms with Gasteiger partial charge in [-0.1, -0.05) is 6.07 Å². The van der Waals surface area contributed by atoms with E-state index in [2.05, 4.69) is 5.32 Å². The van der Waals surface area contributed by atoms with Gasteiger partial charge >= 0.3 is 5.97 Å². The molecule has 4 nitrogen and oxygen atoms in total. The van der Waals surface area contributed by atoms with Crippen molar-refractivity contribution < 1.29 is 23.1 Å². The van der Waals surface area contributed by atoms with Gasteiger partial charge in [-0.25, -0.2) is 13.6 Å². The summed E-state index contributed by atoms with van der Waals surface area (Å²) < 4.78 is 32.0. The summed E-state index contributed by atoms with van der Waals surface area (Å²) in [7, 11) is 0. The highest BCUT2D eigenvalue weighted by Gasteiger charge is 2.20. The second-order valence-corrected chi connectivity index (χ2v) is 5.45. The van der Waals surface area contributed by atoms with Crippen molar-refractivity contribution in [3.05, 3.63) is 51.9 Å². The number of hydrogen-bond acceptors (Lipinski definition) is 4. The van der Waals surface area contributed by atoms with E-state index in [9.17, 15) is 18.4 Å². The Morgan fingerprint density at radius 2 is 1.91 bits per heavy atom. The van der Waals surface area contributed by atoms with E-state index in [-0.39, 0.29) is 6.61 Å². The van der Waals surface area contributed by atoms with Crippen molar-refractivity contribution in [2.75, 3.05) is 11.9 Å². The van der Waals surface area contributed by atoms with Gasteiger partial charge in [0.1, 0.15) is 22.1 Å². The summed E-state index contributed by atoms with van der Waals surface area (Å²) in [5, 5.41) is 2.70. The topological polar surface area (TPSA) is 55.4 Å². The van der Waals surface area contributed by atoms with E-state index < -0.39 is 29.1 Å². The number of nitrogens with one attached hydrogen (secondary N) is 1. The molecule has 0 unspecified atom stereocenters. The first-order chi connectivity index (χ1) is 10.4. The van der Waals surface area contributed by atoms with E-state index in [0.717, 1.165) is 23.5 Å². The zero-order chi connectivity index (χ0) is 16.3. The first-order valence-corrected chi connectivity index (χ1v) is 7.28. The number of halogens is 2. The van der Waals surface area contributed by atoms with Gasteiger partial charge in [0.25, 0.3) is 5.91 Å². The number of aryl methyl sites for hydroxylation is 1. The SMILES string of the molecule is CCOC(=O)c1sc(NC(=O)c2c(F)cccc2F)cc1C. The Bertz CT molecular complexity index is 707. The minimum absolute atomic E-state index is 0.234. The van der Waals surface area contributed by atoms with Crippen LogP contribution >= 0.6 is 11.3 Å². The number of esters is 1. The molecule has 0 atom stereocenters. The van der Waals surface area contributed by atoms with Crippen molar-refractivity contribution in [2.24, 2.45) is 0 Å². The zero-order valence-corrected chi connectivity index (χ0v) is 12.7. The average molecular weight is 325 g/mol. The highest BCUT2D eigenvalue weighted by atomic mass is 32.1. The highest BCUT2D eigenvalue weighted by molar-refractivity contribution is 7.18. The number of thiophene rings is 1. The number of hydrogen-bond donors (Lipinski definition) is 1. The number of amides is 1. The van der Waals surface area contributed by atoms with Crippen LogP contribution in [0.4, 0.5) is 13.8 Å². The normalized spacial score (nSPS) is 10.4. The van der Waals surface area contributed by atoms with Gasteiger partial charge in [-0.15, -0.1) is 11.3 Å². The van der Waals surface area contributed by atoms with Gasteiger partial charge in [-0.3, -0.25) is 4.79 Å². The maximum absolute atomic E-state index is 13.5. The molecule has 0 spiro atoms. The number of carbonyl (C=O) groups is 2. The summed E-state index contributed by atoms with van der Waals surface area (Å²) in [6, 6.07) is 4.73. The fourth-order valence-electron chi connectivity index (χ4n) is 1.83. The van der Waals surface area contributed by atoms with Crippen LogP contribution in [0.15, 0.2) is 24.3 Å². The first kappa shape index (κ1) is 16.1. The van der Waals surface area contributed by atoms with Gasteiger partial charge in [0.05, 0.1) is 11.6 Å². The lowest BCUT2D eigenvalue weighted by atomic mass is 10.2. The van der Waals surface area contributed by atoms with E-state index in [1.165, 1.54) is 6.07 Å². The van der Waals surface area contributed by atoms with E-state index in [1.807, 2.05) is 0 Å². The predicted molar refractivity (Wildman–Crippen MR) is 79.3 cm³/mol. The van der Waals surface area contributed by atoms with Gasteiger partial charge in [-0.2, -0.15) is 0 Å². The lowest BCUT2D eigenvalue weighted by Crippen LogP contribution is -2.15. The second kappa shape index (κ2) is 6.65. The minimum atomic E-state index is -0.948. The Balaban J connectivity index is 2.23. The Labute approximate surface area is 129 Å². The fourth-order valence-corrected chi connectivity index (χ4v) is 2.79. The molecule has 0 bridgehead atoms. The van der Waals surface area contributed by atoms with Crippen molar-refractivity contribution in [3.8, 4) is 0 Å². The third-order valence-electron chi connectivity index (χ3n) is 2.81. The third-order valence-corrected chi connectivity index (χ3v) is 3.94. The van der Waals surface area contributed by atoms with E-state index in [4.69, 9.17) is 4.74 Å². The van der Waals surface area contributed by atoms with Gasteiger partial charge in [0.15, 0.2) is 0 Å². The smallest absolute Gasteiger partial charge is 0.348 e. The van der Waals surface area contributed by atoms with Gasteiger partial charge in [0.2, 0.25) is 0 Å². The number of anilines is 1. The van der Waals surface area contributed by atoms with E-state index in [1.54, 1.807) is 19.9 Å². The quantitative estimate of drug-likeness (QED) is 0.871. The molecule has 1 N–H and O–H groups in total. The van der Waals surface area contributed by atoms with E-state index >= 15 is 0 Å². The van der Waals surface area contributed by atoms with Crippen LogP contribution in [0.25, 0.3) is 0 Å². The number of ether oxygens (including phenoxy) is 1. The Morgan fingerprint density at radius 1 is 1.27 bits per heavy atom. The third kappa shape index (κ3) is 3.30. The summed E-state index contributed by atoms with van der Waals surface area (Å²) in [5.74, 6) is -3.30. The number of carbonyl (C=O) groups excluding carboxylic acids is 2. The number of benzene rings is 1. The highest BCUT2D eigenvalue weighted by Crippen LogP contribution is 2.28. The van der Waals surface area contributed by atoms with Crippen LogP contribution in [0.3, 0.4) is 0 Å². The standard InChI is InChI=1S/C15H13F2NO3S/c1-3-21-15(20)13-8(2)7-11(22-13)18-14(19)12-9(16)5-4-6-10(12)17/h4-7H,3H2,1-2H3,(H,18,19). The van der Waals surface area contributed by atoms with Gasteiger partial charge in [-0.05, 0) is 37.6 Å². The largest absolute Gasteiger partial charge is 0.462 e. The molecule has 0 fully saturated rings. The van der Waals surface area contributed by atoms with Crippen LogP contribution in [-0.2, 0) is 4.74 Å². The molecular formula is C15H13F2NO3S. The molecule has 0 saturated carbocycles. The molecule has 116 valence electrons. The molecule has 2 aromatic rings. The first-order valence-electron chi connectivity index (χ1n) is 6.47. The molecule has 0 aliphatic heterocycles. The van der Waals surface area contributed by atoms with Crippen LogP contribution in [-0.4, -0.2) is 18.5 Å². The summed E-state index contributed by atoms with van der Waals surface area (Å²) in [6.45, 7) is 3.60. The van der Waals surface area contributed by atoms with Crippen LogP contribution < -0.4 is 5.32 Å². The summed E-state index contributed by atoms with van der Waals surface area (Å²) in [5.41, 5.74) is -0.0426. The minimum Gasteiger partial charge on any atom is -0.462 e. The van der Waals surface area contributed by atoms with Crippen LogP contribution in [0, 0.1) is 18.6 Å². The molecule has 0 saturated heterocycles. The molecule has 1 amide bonds. The summed E-state index contributed by atoms with van der Waals surface area (Å²) >= 11 is 0.991. The van der Waals surface area contributed by atoms with Gasteiger partial charge in [0, 0.05) is 0 Å². The Hall–Kier alpha value is -2.28. The fraction of sp³-hybridized carbons (Fsp3) is 0.200. The lowest BCUT2D eigenvalue weighted by Gasteiger charge is -2.04. The van der Waals surface area contributed by atoms with Crippen LogP contribution in [0.5, 0.6) is 0 Å². The van der Waals surface area contributed by atoms with Crippen LogP contribution in [0.1, 0.15) is 32.5 Å². The van der Waals surface area contributed by atoms with Crippen molar-refractivity contribution in [1.82, 2.24) is 0 Å². The van der Waals surface area contributed by atoms with Crippen molar-refractivity contribution >= 4 is 28.2 Å². The van der Waals surface area contributed by atoms with Crippen molar-refractivity contribution in [2.45, 2.75) is 13.8 Å². The monoisotopic (exact) mass is 325 g/mol. The molecule has 1 aromatic heterocycles. The molecule has 1 aromatic carbocycles. The molecule has 2 rings (SSSR count). The van der Waals surface area contributed by atoms with Crippen molar-refractivity contribution in [3.63, 3.8) is 0 Å². The predicted octanol–water partition coefficient (Wildman–Crippen LogP) is 3.76. The van der Waals surface area contributed by atoms with Crippen LogP contribution in [0.2, 0.25) is 0 Å². The van der Waals surface area contributed by atoms with E-state index in [0.29, 0.717) is 15.4 Å². The molecule has 22 heavy (non-hydrogen) atoms. The molecule has 0 radical (unpaired) electrons. The molecule has 0 aliphatic carbocycles. The van der Waals surface area contributed by atoms with Crippen molar-refractivity contribution in [1.29, 1.82) is 0 Å². The maximum Gasteiger partial charge on any atom is 0.348 e. The molecule has 0 aliphatic rings. The Kier molecular flexibility index (Phi) is 4.87. The summed E-state index contributed by atoms with van der Waals surface area (Å²) in [6.07, 6.45) is 0. The molecular weight excluding hydrogens is 312 g/mol. The Morgan fingerprint density at radius 3 is 2.50 bits per heavy atom. The second-order valence-electron chi connectivity index (χ2n) is 4.39. The molecule has 7 heteroatoms. The zero-order valence-electron chi connectivity index (χ0n) is 11.9. The van der Waals surface area contributed by atoms with Gasteiger partial charge < -0.3 is 10.1 Å². The summed E-state index contributed by atoms with van der Waals surface area (Å²) in [4.78, 5) is 24.0. The maximum atomic E-state index is 13.5. The number of rotatable bonds is 4. The molecule has 1 heterocycles.